The van der Waals surface area contributed by atoms with E-state index in [0.29, 0.717) is 25.9 Å². The summed E-state index contributed by atoms with van der Waals surface area (Å²) >= 11 is 0. The van der Waals surface area contributed by atoms with E-state index in [4.69, 9.17) is 5.11 Å². The zero-order valence-corrected chi connectivity index (χ0v) is 15.3. The molecule has 2 aromatic rings. The third kappa shape index (κ3) is 4.16. The Morgan fingerprint density at radius 1 is 1.11 bits per heavy atom. The molecule has 1 aliphatic heterocycles. The van der Waals surface area contributed by atoms with E-state index >= 15 is 0 Å². The number of carbonyl (C=O) groups excluding carboxylic acids is 2. The van der Waals surface area contributed by atoms with Gasteiger partial charge in [0, 0.05) is 19.1 Å². The van der Waals surface area contributed by atoms with Crippen LogP contribution in [0.4, 0.5) is 4.39 Å². The van der Waals surface area contributed by atoms with Crippen LogP contribution >= 0.6 is 0 Å². The fourth-order valence-corrected chi connectivity index (χ4v) is 3.20. The van der Waals surface area contributed by atoms with Gasteiger partial charge in [-0.15, -0.1) is 0 Å². The predicted octanol–water partition coefficient (Wildman–Crippen LogP) is 2.26. The quantitative estimate of drug-likeness (QED) is 0.841. The number of carbonyl (C=O) groups is 3. The van der Waals surface area contributed by atoms with Gasteiger partial charge in [0.05, 0.1) is 16.8 Å². The SMILES string of the molecule is Cc1nc(C(=O)NC2CCN(C(=O)c3ccccc3F)CC2)ccc1C(=O)O. The van der Waals surface area contributed by atoms with Gasteiger partial charge in [0.15, 0.2) is 0 Å². The van der Waals surface area contributed by atoms with Gasteiger partial charge in [-0.2, -0.15) is 0 Å². The Balaban J connectivity index is 1.58. The largest absolute Gasteiger partial charge is 0.478 e. The van der Waals surface area contributed by atoms with Crippen molar-refractivity contribution in [1.82, 2.24) is 15.2 Å². The fraction of sp³-hybridized carbons (Fsp3) is 0.300. The molecule has 0 spiro atoms. The Morgan fingerprint density at radius 3 is 2.39 bits per heavy atom. The molecule has 1 saturated heterocycles. The topological polar surface area (TPSA) is 99.6 Å². The van der Waals surface area contributed by atoms with Gasteiger partial charge < -0.3 is 15.3 Å². The maximum Gasteiger partial charge on any atom is 0.337 e. The zero-order valence-electron chi connectivity index (χ0n) is 15.3. The van der Waals surface area contributed by atoms with E-state index in [1.807, 2.05) is 0 Å². The minimum atomic E-state index is -1.09. The third-order valence-corrected chi connectivity index (χ3v) is 4.77. The highest BCUT2D eigenvalue weighted by Crippen LogP contribution is 2.16. The van der Waals surface area contributed by atoms with Gasteiger partial charge in [-0.3, -0.25) is 9.59 Å². The minimum absolute atomic E-state index is 0.0446. The molecule has 0 aliphatic carbocycles. The number of benzene rings is 1. The Kier molecular flexibility index (Phi) is 5.67. The smallest absolute Gasteiger partial charge is 0.337 e. The molecule has 7 nitrogen and oxygen atoms in total. The highest BCUT2D eigenvalue weighted by atomic mass is 19.1. The summed E-state index contributed by atoms with van der Waals surface area (Å²) in [7, 11) is 0. The van der Waals surface area contributed by atoms with E-state index in [1.54, 1.807) is 11.0 Å². The number of aryl methyl sites for hydroxylation is 1. The van der Waals surface area contributed by atoms with Crippen LogP contribution < -0.4 is 5.32 Å². The molecule has 1 fully saturated rings. The number of hydrogen-bond acceptors (Lipinski definition) is 4. The molecule has 2 amide bonds. The number of nitrogens with zero attached hydrogens (tertiary/aromatic N) is 2. The fourth-order valence-electron chi connectivity index (χ4n) is 3.20. The van der Waals surface area contributed by atoms with Crippen molar-refractivity contribution in [3.05, 3.63) is 64.7 Å². The molecule has 0 atom stereocenters. The molecule has 28 heavy (non-hydrogen) atoms. The Hall–Kier alpha value is -3.29. The van der Waals surface area contributed by atoms with Crippen molar-refractivity contribution in [3.8, 4) is 0 Å². The van der Waals surface area contributed by atoms with Crippen molar-refractivity contribution < 1.29 is 23.9 Å². The van der Waals surface area contributed by atoms with Gasteiger partial charge in [-0.1, -0.05) is 12.1 Å². The summed E-state index contributed by atoms with van der Waals surface area (Å²) < 4.78 is 13.8. The van der Waals surface area contributed by atoms with Crippen molar-refractivity contribution in [3.63, 3.8) is 0 Å². The van der Waals surface area contributed by atoms with E-state index in [2.05, 4.69) is 10.3 Å². The molecule has 146 valence electrons. The van der Waals surface area contributed by atoms with E-state index in [-0.39, 0.29) is 40.4 Å². The van der Waals surface area contributed by atoms with Gasteiger partial charge in [0.25, 0.3) is 11.8 Å². The number of aromatic carboxylic acids is 1. The molecule has 0 saturated carbocycles. The van der Waals surface area contributed by atoms with Crippen LogP contribution in [0.15, 0.2) is 36.4 Å². The number of rotatable bonds is 4. The number of nitrogens with one attached hydrogen (secondary N) is 1. The average Bonchev–Trinajstić information content (AvgIpc) is 2.68. The van der Waals surface area contributed by atoms with Crippen LogP contribution in [0.1, 0.15) is 49.7 Å². The number of piperidine rings is 1. The van der Waals surface area contributed by atoms with Crippen LogP contribution in [0, 0.1) is 12.7 Å². The lowest BCUT2D eigenvalue weighted by Gasteiger charge is -2.32. The average molecular weight is 385 g/mol. The van der Waals surface area contributed by atoms with Crippen LogP contribution in [0.2, 0.25) is 0 Å². The number of pyridine rings is 1. The zero-order chi connectivity index (χ0) is 20.3. The summed E-state index contributed by atoms with van der Waals surface area (Å²) in [5.74, 6) is -2.39. The number of halogens is 1. The summed E-state index contributed by atoms with van der Waals surface area (Å²) in [5, 5.41) is 11.9. The maximum atomic E-state index is 13.8. The Bertz CT molecular complexity index is 923. The van der Waals surface area contributed by atoms with E-state index in [1.165, 1.54) is 37.3 Å². The summed E-state index contributed by atoms with van der Waals surface area (Å²) in [6.45, 7) is 2.35. The van der Waals surface area contributed by atoms with Crippen molar-refractivity contribution in [2.24, 2.45) is 0 Å². The Labute approximate surface area is 161 Å². The summed E-state index contributed by atoms with van der Waals surface area (Å²) in [5.41, 5.74) is 0.512. The third-order valence-electron chi connectivity index (χ3n) is 4.77. The van der Waals surface area contributed by atoms with Crippen LogP contribution in [-0.2, 0) is 0 Å². The molecule has 3 rings (SSSR count). The molecular formula is C20H20FN3O4. The molecule has 0 unspecified atom stereocenters. The second-order valence-corrected chi connectivity index (χ2v) is 6.65. The number of amides is 2. The number of carboxylic acids is 1. The first-order valence-corrected chi connectivity index (χ1v) is 8.92. The van der Waals surface area contributed by atoms with Gasteiger partial charge in [-0.25, -0.2) is 14.2 Å². The summed E-state index contributed by atoms with van der Waals surface area (Å²) in [6, 6.07) is 8.46. The highest BCUT2D eigenvalue weighted by molar-refractivity contribution is 5.95. The second kappa shape index (κ2) is 8.16. The van der Waals surface area contributed by atoms with Gasteiger partial charge in [0.1, 0.15) is 11.5 Å². The number of aromatic nitrogens is 1. The predicted molar refractivity (Wildman–Crippen MR) is 98.7 cm³/mol. The van der Waals surface area contributed by atoms with Crippen LogP contribution in [-0.4, -0.2) is 51.9 Å². The first kappa shape index (κ1) is 19.5. The monoisotopic (exact) mass is 385 g/mol. The highest BCUT2D eigenvalue weighted by Gasteiger charge is 2.26. The molecule has 1 aromatic carbocycles. The minimum Gasteiger partial charge on any atom is -0.478 e. The van der Waals surface area contributed by atoms with E-state index < -0.39 is 11.8 Å². The molecule has 0 radical (unpaired) electrons. The van der Waals surface area contributed by atoms with Gasteiger partial charge in [0.2, 0.25) is 0 Å². The molecule has 1 aromatic heterocycles. The molecule has 2 heterocycles. The number of carboxylic acid groups (broad SMARTS) is 1. The molecular weight excluding hydrogens is 365 g/mol. The van der Waals surface area contributed by atoms with E-state index in [0.717, 1.165) is 0 Å². The van der Waals surface area contributed by atoms with Crippen LogP contribution in [0.3, 0.4) is 0 Å². The Morgan fingerprint density at radius 2 is 1.79 bits per heavy atom. The lowest BCUT2D eigenvalue weighted by atomic mass is 10.0. The molecule has 8 heteroatoms. The van der Waals surface area contributed by atoms with Crippen LogP contribution in [0.25, 0.3) is 0 Å². The van der Waals surface area contributed by atoms with Gasteiger partial charge in [-0.05, 0) is 44.0 Å². The lowest BCUT2D eigenvalue weighted by Crippen LogP contribution is -2.46. The number of likely N-dealkylation sites (tertiary alicyclic amines) is 1. The molecule has 2 N–H and O–H groups in total. The molecule has 0 bridgehead atoms. The van der Waals surface area contributed by atoms with Gasteiger partial charge >= 0.3 is 5.97 Å². The van der Waals surface area contributed by atoms with E-state index in [9.17, 15) is 18.8 Å². The second-order valence-electron chi connectivity index (χ2n) is 6.65. The van der Waals surface area contributed by atoms with Crippen molar-refractivity contribution >= 4 is 17.8 Å². The summed E-state index contributed by atoms with van der Waals surface area (Å²) in [4.78, 5) is 41.5. The summed E-state index contributed by atoms with van der Waals surface area (Å²) in [6.07, 6.45) is 1.08. The first-order chi connectivity index (χ1) is 13.4. The lowest BCUT2D eigenvalue weighted by molar-refractivity contribution is 0.0681. The maximum absolute atomic E-state index is 13.8. The van der Waals surface area contributed by atoms with Crippen molar-refractivity contribution in [2.75, 3.05) is 13.1 Å². The molecule has 1 aliphatic rings. The van der Waals surface area contributed by atoms with Crippen molar-refractivity contribution in [1.29, 1.82) is 0 Å². The standard InChI is InChI=1S/C20H20FN3O4/c1-12-14(20(27)28)6-7-17(22-12)18(25)23-13-8-10-24(11-9-13)19(26)15-4-2-3-5-16(15)21/h2-7,13H,8-11H2,1H3,(H,23,25)(H,27,28). The first-order valence-electron chi connectivity index (χ1n) is 8.92. The normalized spacial score (nSPS) is 14.6. The van der Waals surface area contributed by atoms with Crippen molar-refractivity contribution in [2.45, 2.75) is 25.8 Å². The number of hydrogen-bond donors (Lipinski definition) is 2. The van der Waals surface area contributed by atoms with Crippen LogP contribution in [0.5, 0.6) is 0 Å².